The standard InChI is InChI=1S/C10H12FNO2/c1-12-10(14)9(13)6-7-2-4-8(11)5-3-7/h2-5,9,13H,6H2,1H3,(H,12,14)/t9-/m1/s1. The number of carbonyl (C=O) groups excluding carboxylic acids is 1. The number of benzene rings is 1. The number of likely N-dealkylation sites (N-methyl/N-ethyl adjacent to an activating group) is 1. The molecule has 0 aliphatic heterocycles. The van der Waals surface area contributed by atoms with Crippen molar-refractivity contribution in [2.45, 2.75) is 12.5 Å². The number of aliphatic hydroxyl groups is 1. The highest BCUT2D eigenvalue weighted by Gasteiger charge is 2.13. The molecule has 1 amide bonds. The quantitative estimate of drug-likeness (QED) is 0.740. The lowest BCUT2D eigenvalue weighted by Gasteiger charge is -2.08. The zero-order valence-electron chi connectivity index (χ0n) is 7.83. The van der Waals surface area contributed by atoms with Crippen molar-refractivity contribution in [3.63, 3.8) is 0 Å². The number of hydrogen-bond acceptors (Lipinski definition) is 2. The lowest BCUT2D eigenvalue weighted by atomic mass is 10.1. The Bertz CT molecular complexity index is 310. The highest BCUT2D eigenvalue weighted by Crippen LogP contribution is 2.05. The summed E-state index contributed by atoms with van der Waals surface area (Å²) in [6.07, 6.45) is -0.884. The molecule has 0 aliphatic rings. The van der Waals surface area contributed by atoms with Gasteiger partial charge in [0.1, 0.15) is 11.9 Å². The van der Waals surface area contributed by atoms with Crippen molar-refractivity contribution in [3.8, 4) is 0 Å². The average Bonchev–Trinajstić information content (AvgIpc) is 2.20. The molecular formula is C10H12FNO2. The Labute approximate surface area is 81.6 Å². The number of aliphatic hydroxyl groups excluding tert-OH is 1. The van der Waals surface area contributed by atoms with Crippen LogP contribution in [0.25, 0.3) is 0 Å². The molecule has 0 aromatic heterocycles. The molecule has 3 nitrogen and oxygen atoms in total. The second kappa shape index (κ2) is 4.72. The van der Waals surface area contributed by atoms with Crippen molar-refractivity contribution in [3.05, 3.63) is 35.6 Å². The van der Waals surface area contributed by atoms with Gasteiger partial charge in [0.25, 0.3) is 0 Å². The molecule has 0 heterocycles. The molecule has 14 heavy (non-hydrogen) atoms. The number of hydrogen-bond donors (Lipinski definition) is 2. The van der Waals surface area contributed by atoms with Crippen molar-refractivity contribution in [1.82, 2.24) is 5.32 Å². The van der Waals surface area contributed by atoms with E-state index in [1.807, 2.05) is 0 Å². The van der Waals surface area contributed by atoms with Crippen LogP contribution in [0.3, 0.4) is 0 Å². The molecule has 1 atom stereocenters. The summed E-state index contributed by atoms with van der Waals surface area (Å²) in [4.78, 5) is 10.9. The van der Waals surface area contributed by atoms with Gasteiger partial charge in [0.15, 0.2) is 0 Å². The highest BCUT2D eigenvalue weighted by molar-refractivity contribution is 5.80. The fourth-order valence-electron chi connectivity index (χ4n) is 1.10. The molecule has 2 N–H and O–H groups in total. The molecule has 0 saturated heterocycles. The normalized spacial score (nSPS) is 12.2. The van der Waals surface area contributed by atoms with E-state index in [-0.39, 0.29) is 12.2 Å². The number of carbonyl (C=O) groups is 1. The Kier molecular flexibility index (Phi) is 3.59. The number of halogens is 1. The van der Waals surface area contributed by atoms with Gasteiger partial charge < -0.3 is 10.4 Å². The third kappa shape index (κ3) is 2.81. The largest absolute Gasteiger partial charge is 0.383 e. The molecule has 4 heteroatoms. The first kappa shape index (κ1) is 10.7. The Balaban J connectivity index is 2.60. The molecular weight excluding hydrogens is 185 g/mol. The zero-order chi connectivity index (χ0) is 10.6. The fourth-order valence-corrected chi connectivity index (χ4v) is 1.10. The van der Waals surface area contributed by atoms with Gasteiger partial charge in [0.2, 0.25) is 5.91 Å². The van der Waals surface area contributed by atoms with Crippen LogP contribution >= 0.6 is 0 Å². The monoisotopic (exact) mass is 197 g/mol. The molecule has 1 rings (SSSR count). The van der Waals surface area contributed by atoms with Gasteiger partial charge in [-0.2, -0.15) is 0 Å². The summed E-state index contributed by atoms with van der Waals surface area (Å²) >= 11 is 0. The van der Waals surface area contributed by atoms with Crippen LogP contribution in [0.2, 0.25) is 0 Å². The van der Waals surface area contributed by atoms with Crippen LogP contribution in [0, 0.1) is 5.82 Å². The van der Waals surface area contributed by atoms with E-state index in [0.717, 1.165) is 5.56 Å². The SMILES string of the molecule is CNC(=O)[C@H](O)Cc1ccc(F)cc1. The molecule has 0 saturated carbocycles. The van der Waals surface area contributed by atoms with Crippen LogP contribution in [0.1, 0.15) is 5.56 Å². The van der Waals surface area contributed by atoms with Crippen LogP contribution in [0.5, 0.6) is 0 Å². The average molecular weight is 197 g/mol. The summed E-state index contributed by atoms with van der Waals surface area (Å²) < 4.78 is 12.5. The van der Waals surface area contributed by atoms with Crippen LogP contribution in [-0.2, 0) is 11.2 Å². The molecule has 0 unspecified atom stereocenters. The first-order chi connectivity index (χ1) is 6.63. The van der Waals surface area contributed by atoms with Crippen molar-refractivity contribution in [1.29, 1.82) is 0 Å². The molecule has 0 radical (unpaired) electrons. The Morgan fingerprint density at radius 2 is 2.07 bits per heavy atom. The van der Waals surface area contributed by atoms with Gasteiger partial charge in [0, 0.05) is 13.5 Å². The van der Waals surface area contributed by atoms with Crippen molar-refractivity contribution < 1.29 is 14.3 Å². The maximum atomic E-state index is 12.5. The zero-order valence-corrected chi connectivity index (χ0v) is 7.83. The van der Waals surface area contributed by atoms with E-state index < -0.39 is 12.0 Å². The van der Waals surface area contributed by atoms with Gasteiger partial charge in [-0.15, -0.1) is 0 Å². The third-order valence-corrected chi connectivity index (χ3v) is 1.89. The predicted molar refractivity (Wildman–Crippen MR) is 50.2 cm³/mol. The van der Waals surface area contributed by atoms with Crippen molar-refractivity contribution in [2.24, 2.45) is 0 Å². The van der Waals surface area contributed by atoms with Gasteiger partial charge in [-0.1, -0.05) is 12.1 Å². The molecule has 1 aromatic carbocycles. The maximum absolute atomic E-state index is 12.5. The Morgan fingerprint density at radius 3 is 2.57 bits per heavy atom. The summed E-state index contributed by atoms with van der Waals surface area (Å²) in [5.74, 6) is -0.766. The van der Waals surface area contributed by atoms with Gasteiger partial charge in [-0.05, 0) is 17.7 Å². The number of rotatable bonds is 3. The summed E-state index contributed by atoms with van der Waals surface area (Å²) in [5, 5.41) is 11.7. The van der Waals surface area contributed by atoms with Crippen LogP contribution < -0.4 is 5.32 Å². The molecule has 0 bridgehead atoms. The molecule has 76 valence electrons. The van der Waals surface area contributed by atoms with E-state index in [1.54, 1.807) is 12.1 Å². The summed E-state index contributed by atoms with van der Waals surface area (Å²) in [6.45, 7) is 0. The minimum absolute atomic E-state index is 0.194. The van der Waals surface area contributed by atoms with Crippen molar-refractivity contribution >= 4 is 5.91 Å². The van der Waals surface area contributed by atoms with Crippen molar-refractivity contribution in [2.75, 3.05) is 7.05 Å². The first-order valence-electron chi connectivity index (χ1n) is 4.27. The second-order valence-electron chi connectivity index (χ2n) is 2.96. The lowest BCUT2D eigenvalue weighted by Crippen LogP contribution is -2.33. The van der Waals surface area contributed by atoms with E-state index in [2.05, 4.69) is 5.32 Å². The van der Waals surface area contributed by atoms with Gasteiger partial charge >= 0.3 is 0 Å². The molecule has 0 spiro atoms. The lowest BCUT2D eigenvalue weighted by molar-refractivity contribution is -0.128. The minimum Gasteiger partial charge on any atom is -0.383 e. The van der Waals surface area contributed by atoms with E-state index in [1.165, 1.54) is 19.2 Å². The van der Waals surface area contributed by atoms with Crippen LogP contribution in [-0.4, -0.2) is 24.2 Å². The van der Waals surface area contributed by atoms with Crippen LogP contribution in [0.4, 0.5) is 4.39 Å². The maximum Gasteiger partial charge on any atom is 0.248 e. The summed E-state index contributed by atoms with van der Waals surface area (Å²) in [7, 11) is 1.45. The third-order valence-electron chi connectivity index (χ3n) is 1.89. The highest BCUT2D eigenvalue weighted by atomic mass is 19.1. The van der Waals surface area contributed by atoms with E-state index in [9.17, 15) is 14.3 Å². The molecule has 1 aromatic rings. The molecule has 0 fully saturated rings. The fraction of sp³-hybridized carbons (Fsp3) is 0.300. The number of nitrogens with one attached hydrogen (secondary N) is 1. The first-order valence-corrected chi connectivity index (χ1v) is 4.27. The molecule has 0 aliphatic carbocycles. The topological polar surface area (TPSA) is 49.3 Å². The number of amides is 1. The summed E-state index contributed by atoms with van der Waals surface area (Å²) in [5.41, 5.74) is 0.725. The van der Waals surface area contributed by atoms with Crippen LogP contribution in [0.15, 0.2) is 24.3 Å². The minimum atomic E-state index is -1.08. The van der Waals surface area contributed by atoms with Gasteiger partial charge in [-0.3, -0.25) is 4.79 Å². The van der Waals surface area contributed by atoms with E-state index in [4.69, 9.17) is 0 Å². The van der Waals surface area contributed by atoms with E-state index >= 15 is 0 Å². The summed E-state index contributed by atoms with van der Waals surface area (Å²) in [6, 6.07) is 5.68. The Morgan fingerprint density at radius 1 is 1.50 bits per heavy atom. The Hall–Kier alpha value is -1.42. The van der Waals surface area contributed by atoms with Gasteiger partial charge in [-0.25, -0.2) is 4.39 Å². The van der Waals surface area contributed by atoms with E-state index in [0.29, 0.717) is 0 Å². The predicted octanol–water partition coefficient (Wildman–Crippen LogP) is 0.475. The second-order valence-corrected chi connectivity index (χ2v) is 2.96. The van der Waals surface area contributed by atoms with Gasteiger partial charge in [0.05, 0.1) is 0 Å². The smallest absolute Gasteiger partial charge is 0.248 e.